The van der Waals surface area contributed by atoms with Gasteiger partial charge in [-0.3, -0.25) is 0 Å². The van der Waals surface area contributed by atoms with Crippen LogP contribution in [0.15, 0.2) is 30.3 Å². The Morgan fingerprint density at radius 2 is 2.12 bits per heavy atom. The van der Waals surface area contributed by atoms with Crippen LogP contribution in [0.3, 0.4) is 0 Å². The van der Waals surface area contributed by atoms with Crippen LogP contribution < -0.4 is 0 Å². The van der Waals surface area contributed by atoms with Crippen LogP contribution in [0.4, 0.5) is 0 Å². The van der Waals surface area contributed by atoms with E-state index in [2.05, 4.69) is 41.0 Å². The van der Waals surface area contributed by atoms with Crippen LogP contribution in [0.1, 0.15) is 17.7 Å². The Hall–Kier alpha value is -1.54. The smallest absolute Gasteiger partial charge is 0.0610 e. The van der Waals surface area contributed by atoms with Crippen molar-refractivity contribution in [3.8, 4) is 0 Å². The van der Waals surface area contributed by atoms with Gasteiger partial charge in [-0.15, -0.1) is 0 Å². The fourth-order valence-corrected chi connectivity index (χ4v) is 2.61. The minimum absolute atomic E-state index is 0.193. The van der Waals surface area contributed by atoms with E-state index in [0.717, 1.165) is 12.8 Å². The number of hydrogen-bond acceptors (Lipinski definition) is 1. The van der Waals surface area contributed by atoms with Crippen molar-refractivity contribution in [3.05, 3.63) is 41.6 Å². The van der Waals surface area contributed by atoms with E-state index in [4.69, 9.17) is 5.11 Å². The summed E-state index contributed by atoms with van der Waals surface area (Å²) in [4.78, 5) is 0. The van der Waals surface area contributed by atoms with Crippen molar-refractivity contribution in [1.29, 1.82) is 0 Å². The molecule has 1 aromatic carbocycles. The quantitative estimate of drug-likeness (QED) is 0.815. The number of aliphatic hydroxyl groups is 1. The molecular formula is C14H15NO. The van der Waals surface area contributed by atoms with Crippen LogP contribution in [-0.2, 0) is 13.0 Å². The standard InChI is InChI=1S/C14H15NO/c16-10-9-15-13-7-3-1-5-11(13)12-6-2-4-8-14(12)15/h1,3-5,7-8,16H,2,6,9-10H2. The van der Waals surface area contributed by atoms with Crippen molar-refractivity contribution in [2.75, 3.05) is 6.61 Å². The first kappa shape index (κ1) is 9.67. The first-order valence-corrected chi connectivity index (χ1v) is 5.79. The molecule has 0 unspecified atom stereocenters. The fourth-order valence-electron chi connectivity index (χ4n) is 2.61. The number of aliphatic hydroxyl groups excluding tert-OH is 1. The van der Waals surface area contributed by atoms with Crippen molar-refractivity contribution in [2.45, 2.75) is 19.4 Å². The Morgan fingerprint density at radius 1 is 1.25 bits per heavy atom. The minimum Gasteiger partial charge on any atom is -0.395 e. The van der Waals surface area contributed by atoms with Gasteiger partial charge < -0.3 is 9.67 Å². The summed E-state index contributed by atoms with van der Waals surface area (Å²) < 4.78 is 2.22. The van der Waals surface area contributed by atoms with Gasteiger partial charge in [0.1, 0.15) is 0 Å². The van der Waals surface area contributed by atoms with Crippen LogP contribution in [0.2, 0.25) is 0 Å². The molecule has 1 heterocycles. The van der Waals surface area contributed by atoms with Gasteiger partial charge in [0.15, 0.2) is 0 Å². The predicted molar refractivity (Wildman–Crippen MR) is 66.4 cm³/mol. The average Bonchev–Trinajstić information content (AvgIpc) is 2.66. The third-order valence-electron chi connectivity index (χ3n) is 3.28. The number of fused-ring (bicyclic) bond motifs is 3. The molecule has 3 rings (SSSR count). The van der Waals surface area contributed by atoms with Gasteiger partial charge in [0.25, 0.3) is 0 Å². The van der Waals surface area contributed by atoms with Crippen LogP contribution in [0.25, 0.3) is 17.0 Å². The summed E-state index contributed by atoms with van der Waals surface area (Å²) in [6.07, 6.45) is 6.65. The summed E-state index contributed by atoms with van der Waals surface area (Å²) >= 11 is 0. The molecule has 2 nitrogen and oxygen atoms in total. The second-order valence-corrected chi connectivity index (χ2v) is 4.20. The summed E-state index contributed by atoms with van der Waals surface area (Å²) in [6, 6.07) is 8.47. The average molecular weight is 213 g/mol. The van der Waals surface area contributed by atoms with E-state index >= 15 is 0 Å². The van der Waals surface area contributed by atoms with Gasteiger partial charge in [0, 0.05) is 23.1 Å². The number of aryl methyl sites for hydroxylation is 1. The number of aromatic nitrogens is 1. The molecule has 0 radical (unpaired) electrons. The minimum atomic E-state index is 0.193. The zero-order valence-electron chi connectivity index (χ0n) is 9.19. The van der Waals surface area contributed by atoms with Crippen LogP contribution in [0, 0.1) is 0 Å². The molecule has 1 aliphatic rings. The number of nitrogens with zero attached hydrogens (tertiary/aromatic N) is 1. The number of benzene rings is 1. The maximum absolute atomic E-state index is 9.15. The van der Waals surface area contributed by atoms with Gasteiger partial charge in [0.05, 0.1) is 6.61 Å². The van der Waals surface area contributed by atoms with Crippen molar-refractivity contribution >= 4 is 17.0 Å². The Morgan fingerprint density at radius 3 is 3.00 bits per heavy atom. The highest BCUT2D eigenvalue weighted by molar-refractivity contribution is 5.88. The summed E-state index contributed by atoms with van der Waals surface area (Å²) in [5.41, 5.74) is 3.96. The van der Waals surface area contributed by atoms with Gasteiger partial charge >= 0.3 is 0 Å². The molecule has 1 aliphatic carbocycles. The third-order valence-corrected chi connectivity index (χ3v) is 3.28. The lowest BCUT2D eigenvalue weighted by molar-refractivity contribution is 0.277. The molecule has 0 fully saturated rings. The van der Waals surface area contributed by atoms with Crippen LogP contribution in [-0.4, -0.2) is 16.3 Å². The molecule has 0 aliphatic heterocycles. The summed E-state index contributed by atoms with van der Waals surface area (Å²) in [5.74, 6) is 0. The highest BCUT2D eigenvalue weighted by Crippen LogP contribution is 2.30. The maximum atomic E-state index is 9.15. The second kappa shape index (κ2) is 3.80. The lowest BCUT2D eigenvalue weighted by Crippen LogP contribution is -2.05. The second-order valence-electron chi connectivity index (χ2n) is 4.20. The van der Waals surface area contributed by atoms with E-state index in [1.807, 2.05) is 0 Å². The molecule has 0 spiro atoms. The first-order valence-electron chi connectivity index (χ1n) is 5.79. The molecule has 2 heteroatoms. The zero-order valence-corrected chi connectivity index (χ0v) is 9.19. The van der Waals surface area contributed by atoms with Crippen molar-refractivity contribution in [2.24, 2.45) is 0 Å². The molecule has 0 amide bonds. The number of allylic oxidation sites excluding steroid dienone is 1. The Bertz CT molecular complexity index is 551. The van der Waals surface area contributed by atoms with E-state index in [0.29, 0.717) is 6.54 Å². The zero-order chi connectivity index (χ0) is 11.0. The summed E-state index contributed by atoms with van der Waals surface area (Å²) in [7, 11) is 0. The van der Waals surface area contributed by atoms with E-state index in [9.17, 15) is 0 Å². The lowest BCUT2D eigenvalue weighted by atomic mass is 10.0. The van der Waals surface area contributed by atoms with Crippen molar-refractivity contribution in [3.63, 3.8) is 0 Å². The molecule has 0 saturated heterocycles. The Balaban J connectivity index is 2.33. The maximum Gasteiger partial charge on any atom is 0.0610 e. The fraction of sp³-hybridized carbons (Fsp3) is 0.286. The molecular weight excluding hydrogens is 198 g/mol. The molecule has 1 aromatic heterocycles. The van der Waals surface area contributed by atoms with E-state index in [-0.39, 0.29) is 6.61 Å². The Labute approximate surface area is 94.8 Å². The first-order chi connectivity index (χ1) is 7.92. The van der Waals surface area contributed by atoms with Crippen LogP contribution in [0.5, 0.6) is 0 Å². The monoisotopic (exact) mass is 213 g/mol. The summed E-state index contributed by atoms with van der Waals surface area (Å²) in [5, 5.41) is 10.5. The normalized spacial score (nSPS) is 14.3. The molecule has 82 valence electrons. The molecule has 0 bridgehead atoms. The number of rotatable bonds is 2. The van der Waals surface area contributed by atoms with Gasteiger partial charge in [-0.05, 0) is 30.5 Å². The molecule has 1 N–H and O–H groups in total. The SMILES string of the molecule is OCCn1c2c(c3ccccc31)CCC=C2. The number of hydrogen-bond donors (Lipinski definition) is 1. The molecule has 16 heavy (non-hydrogen) atoms. The Kier molecular flexibility index (Phi) is 2.29. The lowest BCUT2D eigenvalue weighted by Gasteiger charge is -2.10. The van der Waals surface area contributed by atoms with Crippen molar-refractivity contribution < 1.29 is 5.11 Å². The number of para-hydroxylation sites is 1. The van der Waals surface area contributed by atoms with Gasteiger partial charge in [0.2, 0.25) is 0 Å². The topological polar surface area (TPSA) is 25.2 Å². The van der Waals surface area contributed by atoms with Gasteiger partial charge in [-0.25, -0.2) is 0 Å². The third kappa shape index (κ3) is 1.30. The van der Waals surface area contributed by atoms with Gasteiger partial charge in [-0.2, -0.15) is 0 Å². The molecule has 0 saturated carbocycles. The predicted octanol–water partition coefficient (Wildman–Crippen LogP) is 2.59. The van der Waals surface area contributed by atoms with E-state index in [1.54, 1.807) is 0 Å². The highest BCUT2D eigenvalue weighted by Gasteiger charge is 2.15. The van der Waals surface area contributed by atoms with Crippen molar-refractivity contribution in [1.82, 2.24) is 4.57 Å². The highest BCUT2D eigenvalue weighted by atomic mass is 16.3. The largest absolute Gasteiger partial charge is 0.395 e. The van der Waals surface area contributed by atoms with E-state index in [1.165, 1.54) is 22.2 Å². The van der Waals surface area contributed by atoms with Crippen LogP contribution >= 0.6 is 0 Å². The summed E-state index contributed by atoms with van der Waals surface area (Å²) in [6.45, 7) is 0.874. The molecule has 2 aromatic rings. The van der Waals surface area contributed by atoms with E-state index < -0.39 is 0 Å². The van der Waals surface area contributed by atoms with Gasteiger partial charge in [-0.1, -0.05) is 24.3 Å². The molecule has 0 atom stereocenters.